The molecule has 2 aromatic heterocycles. The smallest absolute Gasteiger partial charge is 0.272 e. The summed E-state index contributed by atoms with van der Waals surface area (Å²) in [5.74, 6) is -0.896. The summed E-state index contributed by atoms with van der Waals surface area (Å²) in [6.07, 6.45) is 2.56. The van der Waals surface area contributed by atoms with Gasteiger partial charge in [-0.25, -0.2) is 18.8 Å². The van der Waals surface area contributed by atoms with Gasteiger partial charge in [0.2, 0.25) is 0 Å². The van der Waals surface area contributed by atoms with Crippen LogP contribution in [0.4, 0.5) is 14.7 Å². The first-order valence-electron chi connectivity index (χ1n) is 7.48. The van der Waals surface area contributed by atoms with E-state index in [-0.39, 0.29) is 11.7 Å². The Kier molecular flexibility index (Phi) is 4.55. The molecule has 3 aromatic rings. The molecule has 130 valence electrons. The average Bonchev–Trinajstić information content (AvgIpc) is 2.98. The van der Waals surface area contributed by atoms with Gasteiger partial charge in [0.1, 0.15) is 11.9 Å². The van der Waals surface area contributed by atoms with Crippen LogP contribution in [0.2, 0.25) is 0 Å². The summed E-state index contributed by atoms with van der Waals surface area (Å²) in [5.41, 5.74) is 0.604. The minimum atomic E-state index is -0.771. The molecule has 0 aliphatic rings. The third kappa shape index (κ3) is 3.70. The standard InChI is InChI=1S/C16H16F2N6O/c1-10(25-14-5-4-11(17)8-12(14)18)13-6-7-19-16-21-15(22-24(13)16)20-9-23(2)3/h4-10H,1-3H3/t10-/m0/s1. The molecule has 0 saturated heterocycles. The van der Waals surface area contributed by atoms with Crippen LogP contribution < -0.4 is 4.74 Å². The van der Waals surface area contributed by atoms with E-state index in [1.165, 1.54) is 10.6 Å². The molecular weight excluding hydrogens is 330 g/mol. The topological polar surface area (TPSA) is 67.9 Å². The van der Waals surface area contributed by atoms with Crippen LogP contribution in [-0.4, -0.2) is 44.9 Å². The van der Waals surface area contributed by atoms with Crippen molar-refractivity contribution in [3.63, 3.8) is 0 Å². The lowest BCUT2D eigenvalue weighted by Gasteiger charge is -2.15. The maximum atomic E-state index is 13.8. The number of halogens is 2. The van der Waals surface area contributed by atoms with E-state index >= 15 is 0 Å². The van der Waals surface area contributed by atoms with E-state index in [9.17, 15) is 8.78 Å². The summed E-state index contributed by atoms with van der Waals surface area (Å²) < 4.78 is 33.9. The number of nitrogens with zero attached hydrogens (tertiary/aromatic N) is 6. The highest BCUT2D eigenvalue weighted by atomic mass is 19.1. The van der Waals surface area contributed by atoms with Crippen LogP contribution in [0.3, 0.4) is 0 Å². The second-order valence-electron chi connectivity index (χ2n) is 5.54. The predicted molar refractivity (Wildman–Crippen MR) is 88.0 cm³/mol. The lowest BCUT2D eigenvalue weighted by Crippen LogP contribution is -2.10. The highest BCUT2D eigenvalue weighted by molar-refractivity contribution is 5.58. The average molecular weight is 346 g/mol. The second kappa shape index (κ2) is 6.80. The molecule has 9 heteroatoms. The molecule has 0 N–H and O–H groups in total. The lowest BCUT2D eigenvalue weighted by atomic mass is 10.2. The van der Waals surface area contributed by atoms with Gasteiger partial charge in [-0.3, -0.25) is 0 Å². The van der Waals surface area contributed by atoms with Gasteiger partial charge in [-0.2, -0.15) is 9.50 Å². The van der Waals surface area contributed by atoms with Crippen molar-refractivity contribution in [2.45, 2.75) is 13.0 Å². The summed E-state index contributed by atoms with van der Waals surface area (Å²) >= 11 is 0. The lowest BCUT2D eigenvalue weighted by molar-refractivity contribution is 0.208. The predicted octanol–water partition coefficient (Wildman–Crippen LogP) is 2.76. The van der Waals surface area contributed by atoms with Gasteiger partial charge in [0, 0.05) is 26.4 Å². The number of aromatic nitrogens is 4. The van der Waals surface area contributed by atoms with Crippen molar-refractivity contribution in [3.8, 4) is 5.75 Å². The number of aliphatic imine (C=N–C) groups is 1. The minimum Gasteiger partial charge on any atom is -0.481 e. The van der Waals surface area contributed by atoms with Gasteiger partial charge in [-0.1, -0.05) is 0 Å². The van der Waals surface area contributed by atoms with Crippen LogP contribution in [0.5, 0.6) is 5.75 Å². The molecule has 0 unspecified atom stereocenters. The second-order valence-corrected chi connectivity index (χ2v) is 5.54. The molecule has 7 nitrogen and oxygen atoms in total. The van der Waals surface area contributed by atoms with E-state index in [1.54, 1.807) is 30.4 Å². The van der Waals surface area contributed by atoms with E-state index in [2.05, 4.69) is 20.1 Å². The van der Waals surface area contributed by atoms with Crippen molar-refractivity contribution in [3.05, 3.63) is 47.8 Å². The fourth-order valence-corrected chi connectivity index (χ4v) is 2.15. The summed E-state index contributed by atoms with van der Waals surface area (Å²) in [5, 5.41) is 4.27. The Morgan fingerprint density at radius 1 is 1.28 bits per heavy atom. The molecule has 1 atom stereocenters. The first kappa shape index (κ1) is 16.7. The summed E-state index contributed by atoms with van der Waals surface area (Å²) in [6, 6.07) is 4.84. The zero-order valence-corrected chi connectivity index (χ0v) is 13.9. The van der Waals surface area contributed by atoms with Crippen LogP contribution in [-0.2, 0) is 0 Å². The maximum absolute atomic E-state index is 13.8. The first-order chi connectivity index (χ1) is 11.9. The quantitative estimate of drug-likeness (QED) is 0.525. The summed E-state index contributed by atoms with van der Waals surface area (Å²) in [4.78, 5) is 14.2. The highest BCUT2D eigenvalue weighted by Gasteiger charge is 2.16. The first-order valence-corrected chi connectivity index (χ1v) is 7.48. The molecule has 25 heavy (non-hydrogen) atoms. The SMILES string of the molecule is C[C@H](Oc1ccc(F)cc1F)c1ccnc2nc(N=CN(C)C)nn12. The van der Waals surface area contributed by atoms with Gasteiger partial charge in [0.15, 0.2) is 11.6 Å². The van der Waals surface area contributed by atoms with Gasteiger partial charge in [-0.05, 0) is 25.1 Å². The highest BCUT2D eigenvalue weighted by Crippen LogP contribution is 2.25. The van der Waals surface area contributed by atoms with E-state index < -0.39 is 17.7 Å². The normalized spacial score (nSPS) is 12.7. The molecule has 0 spiro atoms. The molecular formula is C16H16F2N6O. The number of hydrogen-bond acceptors (Lipinski definition) is 5. The molecule has 0 amide bonds. The zero-order valence-electron chi connectivity index (χ0n) is 13.9. The van der Waals surface area contributed by atoms with Gasteiger partial charge in [-0.15, -0.1) is 5.10 Å². The fourth-order valence-electron chi connectivity index (χ4n) is 2.15. The Labute approximate surface area is 142 Å². The monoisotopic (exact) mass is 346 g/mol. The number of ether oxygens (including phenoxy) is 1. The molecule has 0 fully saturated rings. The van der Waals surface area contributed by atoms with Gasteiger partial charge in [0.25, 0.3) is 11.7 Å². The molecule has 0 bridgehead atoms. The third-order valence-electron chi connectivity index (χ3n) is 3.28. The third-order valence-corrected chi connectivity index (χ3v) is 3.28. The van der Waals surface area contributed by atoms with E-state index in [4.69, 9.17) is 4.74 Å². The number of benzene rings is 1. The molecule has 0 saturated carbocycles. The van der Waals surface area contributed by atoms with E-state index in [1.807, 2.05) is 14.1 Å². The molecule has 0 aliphatic heterocycles. The molecule has 0 aliphatic carbocycles. The molecule has 1 aromatic carbocycles. The van der Waals surface area contributed by atoms with Gasteiger partial charge < -0.3 is 9.64 Å². The van der Waals surface area contributed by atoms with Crippen LogP contribution in [0.25, 0.3) is 5.78 Å². The van der Waals surface area contributed by atoms with Crippen LogP contribution in [0.1, 0.15) is 18.7 Å². The van der Waals surface area contributed by atoms with Crippen molar-refractivity contribution in [2.75, 3.05) is 14.1 Å². The Bertz CT molecular complexity index is 924. The molecule has 3 rings (SSSR count). The van der Waals surface area contributed by atoms with Crippen molar-refractivity contribution in [1.29, 1.82) is 0 Å². The van der Waals surface area contributed by atoms with E-state index in [0.29, 0.717) is 11.5 Å². The molecule has 0 radical (unpaired) electrons. The van der Waals surface area contributed by atoms with Crippen molar-refractivity contribution in [2.24, 2.45) is 4.99 Å². The van der Waals surface area contributed by atoms with Crippen LogP contribution >= 0.6 is 0 Å². The minimum absolute atomic E-state index is 0.0511. The van der Waals surface area contributed by atoms with Crippen molar-refractivity contribution in [1.82, 2.24) is 24.5 Å². The number of hydrogen-bond donors (Lipinski definition) is 0. The van der Waals surface area contributed by atoms with Gasteiger partial charge >= 0.3 is 0 Å². The van der Waals surface area contributed by atoms with Crippen molar-refractivity contribution >= 4 is 18.1 Å². The zero-order chi connectivity index (χ0) is 18.0. The van der Waals surface area contributed by atoms with Crippen LogP contribution in [0.15, 0.2) is 35.5 Å². The number of fused-ring (bicyclic) bond motifs is 1. The fraction of sp³-hybridized carbons (Fsp3) is 0.250. The largest absolute Gasteiger partial charge is 0.481 e. The maximum Gasteiger partial charge on any atom is 0.272 e. The van der Waals surface area contributed by atoms with E-state index in [0.717, 1.165) is 12.1 Å². The Hall–Kier alpha value is -3.10. The summed E-state index contributed by atoms with van der Waals surface area (Å²) in [6.45, 7) is 1.72. The Morgan fingerprint density at radius 3 is 2.80 bits per heavy atom. The Balaban J connectivity index is 1.91. The summed E-state index contributed by atoms with van der Waals surface area (Å²) in [7, 11) is 3.66. The molecule has 2 heterocycles. The van der Waals surface area contributed by atoms with Crippen molar-refractivity contribution < 1.29 is 13.5 Å². The van der Waals surface area contributed by atoms with Gasteiger partial charge in [0.05, 0.1) is 12.0 Å². The van der Waals surface area contributed by atoms with Crippen LogP contribution in [0, 0.1) is 11.6 Å². The Morgan fingerprint density at radius 2 is 2.08 bits per heavy atom. The number of rotatable bonds is 5.